The Bertz CT molecular complexity index is 370. The number of halogens is 1. The number of ether oxygens (including phenoxy) is 1. The van der Waals surface area contributed by atoms with E-state index in [0.717, 1.165) is 23.0 Å². The Labute approximate surface area is 95.6 Å². The third-order valence-electron chi connectivity index (χ3n) is 2.65. The molecule has 0 bridgehead atoms. The minimum absolute atomic E-state index is 0.143. The molecule has 1 atom stereocenters. The lowest BCUT2D eigenvalue weighted by Gasteiger charge is -2.35. The summed E-state index contributed by atoms with van der Waals surface area (Å²) < 4.78 is 5.93. The molecule has 3 heteroatoms. The van der Waals surface area contributed by atoms with Crippen LogP contribution in [0.1, 0.15) is 20.8 Å². The molecule has 1 aliphatic heterocycles. The van der Waals surface area contributed by atoms with Gasteiger partial charge in [-0.1, -0.05) is 32.4 Å². The van der Waals surface area contributed by atoms with Crippen LogP contribution in [0.25, 0.3) is 0 Å². The standard InChI is InChI=1S/C12H16ClNO/c1-12(2,3)11-7-14-9-6-8(13)4-5-10(9)15-11/h4-6,11,14H,7H2,1-3H3. The van der Waals surface area contributed by atoms with Crippen molar-refractivity contribution < 1.29 is 4.74 Å². The maximum atomic E-state index is 5.93. The summed E-state index contributed by atoms with van der Waals surface area (Å²) in [5, 5.41) is 4.09. The van der Waals surface area contributed by atoms with Gasteiger partial charge >= 0.3 is 0 Å². The zero-order valence-corrected chi connectivity index (χ0v) is 10.1. The van der Waals surface area contributed by atoms with Crippen LogP contribution in [-0.2, 0) is 0 Å². The largest absolute Gasteiger partial charge is 0.486 e. The lowest BCUT2D eigenvalue weighted by Crippen LogP contribution is -2.40. The fourth-order valence-electron chi connectivity index (χ4n) is 1.62. The first-order valence-electron chi connectivity index (χ1n) is 5.17. The monoisotopic (exact) mass is 225 g/mol. The van der Waals surface area contributed by atoms with Crippen LogP contribution in [0.5, 0.6) is 5.75 Å². The first-order valence-corrected chi connectivity index (χ1v) is 5.55. The van der Waals surface area contributed by atoms with Gasteiger partial charge in [-0.2, -0.15) is 0 Å². The number of anilines is 1. The predicted molar refractivity (Wildman–Crippen MR) is 63.8 cm³/mol. The number of rotatable bonds is 0. The minimum Gasteiger partial charge on any atom is -0.486 e. The molecule has 0 saturated carbocycles. The fourth-order valence-corrected chi connectivity index (χ4v) is 1.80. The van der Waals surface area contributed by atoms with Crippen LogP contribution in [0.3, 0.4) is 0 Å². The quantitative estimate of drug-likeness (QED) is 0.729. The van der Waals surface area contributed by atoms with E-state index in [1.54, 1.807) is 0 Å². The molecule has 0 fully saturated rings. The predicted octanol–water partition coefficient (Wildman–Crippen LogP) is 3.56. The van der Waals surface area contributed by atoms with Crippen LogP contribution in [-0.4, -0.2) is 12.6 Å². The summed E-state index contributed by atoms with van der Waals surface area (Å²) in [6.45, 7) is 7.37. The van der Waals surface area contributed by atoms with Gasteiger partial charge in [0, 0.05) is 10.4 Å². The van der Waals surface area contributed by atoms with E-state index in [4.69, 9.17) is 16.3 Å². The van der Waals surface area contributed by atoms with Crippen molar-refractivity contribution in [3.63, 3.8) is 0 Å². The average Bonchev–Trinajstić information content (AvgIpc) is 2.15. The highest BCUT2D eigenvalue weighted by atomic mass is 35.5. The highest BCUT2D eigenvalue weighted by Gasteiger charge is 2.30. The number of benzene rings is 1. The summed E-state index contributed by atoms with van der Waals surface area (Å²) in [6.07, 6.45) is 0.200. The lowest BCUT2D eigenvalue weighted by molar-refractivity contribution is 0.0922. The highest BCUT2D eigenvalue weighted by molar-refractivity contribution is 6.30. The average molecular weight is 226 g/mol. The Kier molecular flexibility index (Phi) is 2.55. The van der Waals surface area contributed by atoms with E-state index in [1.807, 2.05) is 18.2 Å². The molecule has 0 saturated heterocycles. The summed E-state index contributed by atoms with van der Waals surface area (Å²) in [4.78, 5) is 0. The van der Waals surface area contributed by atoms with Gasteiger partial charge in [-0.3, -0.25) is 0 Å². The number of nitrogens with one attached hydrogen (secondary N) is 1. The van der Waals surface area contributed by atoms with E-state index < -0.39 is 0 Å². The Morgan fingerprint density at radius 2 is 2.13 bits per heavy atom. The van der Waals surface area contributed by atoms with Crippen LogP contribution in [0, 0.1) is 5.41 Å². The highest BCUT2D eigenvalue weighted by Crippen LogP contribution is 2.35. The van der Waals surface area contributed by atoms with Crippen molar-refractivity contribution in [2.45, 2.75) is 26.9 Å². The van der Waals surface area contributed by atoms with Crippen molar-refractivity contribution in [3.05, 3.63) is 23.2 Å². The summed E-state index contributed by atoms with van der Waals surface area (Å²) in [6, 6.07) is 5.67. The van der Waals surface area contributed by atoms with E-state index in [1.165, 1.54) is 0 Å². The van der Waals surface area contributed by atoms with E-state index in [0.29, 0.717) is 0 Å². The molecule has 0 amide bonds. The maximum absolute atomic E-state index is 5.93. The van der Waals surface area contributed by atoms with Crippen molar-refractivity contribution in [2.75, 3.05) is 11.9 Å². The molecular weight excluding hydrogens is 210 g/mol. The van der Waals surface area contributed by atoms with Gasteiger partial charge in [0.05, 0.1) is 12.2 Å². The van der Waals surface area contributed by atoms with Crippen LogP contribution in [0.2, 0.25) is 5.02 Å². The maximum Gasteiger partial charge on any atom is 0.143 e. The molecule has 0 spiro atoms. The summed E-state index contributed by atoms with van der Waals surface area (Å²) in [5.74, 6) is 0.894. The van der Waals surface area contributed by atoms with Gasteiger partial charge in [0.1, 0.15) is 11.9 Å². The second-order valence-corrected chi connectivity index (χ2v) is 5.43. The third-order valence-corrected chi connectivity index (χ3v) is 2.89. The molecule has 1 N–H and O–H groups in total. The molecule has 1 heterocycles. The third kappa shape index (κ3) is 2.20. The minimum atomic E-state index is 0.143. The smallest absolute Gasteiger partial charge is 0.143 e. The zero-order valence-electron chi connectivity index (χ0n) is 9.30. The second kappa shape index (κ2) is 3.60. The molecule has 0 aromatic heterocycles. The Morgan fingerprint density at radius 1 is 1.40 bits per heavy atom. The van der Waals surface area contributed by atoms with Gasteiger partial charge in [0.2, 0.25) is 0 Å². The van der Waals surface area contributed by atoms with Gasteiger partial charge in [-0.25, -0.2) is 0 Å². The lowest BCUT2D eigenvalue weighted by atomic mass is 9.88. The molecular formula is C12H16ClNO. The molecule has 2 rings (SSSR count). The van der Waals surface area contributed by atoms with Crippen molar-refractivity contribution in [1.29, 1.82) is 0 Å². The molecule has 2 nitrogen and oxygen atoms in total. The molecule has 1 aromatic rings. The topological polar surface area (TPSA) is 21.3 Å². The normalized spacial score (nSPS) is 20.1. The number of hydrogen-bond donors (Lipinski definition) is 1. The second-order valence-electron chi connectivity index (χ2n) is 4.99. The Morgan fingerprint density at radius 3 is 2.80 bits per heavy atom. The van der Waals surface area contributed by atoms with Crippen molar-refractivity contribution >= 4 is 17.3 Å². The van der Waals surface area contributed by atoms with Gasteiger partial charge < -0.3 is 10.1 Å². The van der Waals surface area contributed by atoms with Gasteiger partial charge in [-0.05, 0) is 18.2 Å². The number of fused-ring (bicyclic) bond motifs is 1. The summed E-state index contributed by atoms with van der Waals surface area (Å²) in [7, 11) is 0. The molecule has 15 heavy (non-hydrogen) atoms. The van der Waals surface area contributed by atoms with Crippen LogP contribution in [0.15, 0.2) is 18.2 Å². The van der Waals surface area contributed by atoms with Gasteiger partial charge in [-0.15, -0.1) is 0 Å². The Balaban J connectivity index is 2.24. The van der Waals surface area contributed by atoms with Crippen molar-refractivity contribution in [3.8, 4) is 5.75 Å². The summed E-state index contributed by atoms with van der Waals surface area (Å²) >= 11 is 5.91. The van der Waals surface area contributed by atoms with Crippen LogP contribution in [0.4, 0.5) is 5.69 Å². The van der Waals surface area contributed by atoms with E-state index in [-0.39, 0.29) is 11.5 Å². The molecule has 0 radical (unpaired) electrons. The Hall–Kier alpha value is -0.890. The number of hydrogen-bond acceptors (Lipinski definition) is 2. The molecule has 1 aromatic carbocycles. The van der Waals surface area contributed by atoms with Crippen molar-refractivity contribution in [2.24, 2.45) is 5.41 Å². The van der Waals surface area contributed by atoms with Gasteiger partial charge in [0.25, 0.3) is 0 Å². The zero-order chi connectivity index (χ0) is 11.1. The van der Waals surface area contributed by atoms with E-state index >= 15 is 0 Å². The fraction of sp³-hybridized carbons (Fsp3) is 0.500. The van der Waals surface area contributed by atoms with Gasteiger partial charge in [0.15, 0.2) is 0 Å². The molecule has 1 unspecified atom stereocenters. The molecule has 82 valence electrons. The molecule has 0 aliphatic carbocycles. The first kappa shape index (κ1) is 10.6. The van der Waals surface area contributed by atoms with E-state index in [9.17, 15) is 0 Å². The van der Waals surface area contributed by atoms with Crippen LogP contribution < -0.4 is 10.1 Å². The molecule has 1 aliphatic rings. The summed E-state index contributed by atoms with van der Waals surface area (Å²) in [5.41, 5.74) is 1.13. The van der Waals surface area contributed by atoms with Crippen molar-refractivity contribution in [1.82, 2.24) is 0 Å². The first-order chi connectivity index (χ1) is 6.97. The van der Waals surface area contributed by atoms with Crippen LogP contribution >= 0.6 is 11.6 Å². The van der Waals surface area contributed by atoms with E-state index in [2.05, 4.69) is 26.1 Å². The SMILES string of the molecule is CC(C)(C)C1CNc2cc(Cl)ccc2O1.